The van der Waals surface area contributed by atoms with Crippen LogP contribution in [-0.4, -0.2) is 52.7 Å². The highest BCUT2D eigenvalue weighted by Crippen LogP contribution is 2.59. The normalized spacial score (nSPS) is 29.4. The van der Waals surface area contributed by atoms with Gasteiger partial charge in [0.2, 0.25) is 7.37 Å². The molecule has 25 heavy (non-hydrogen) atoms. The van der Waals surface area contributed by atoms with Crippen molar-refractivity contribution in [1.82, 2.24) is 4.90 Å². The zero-order chi connectivity index (χ0) is 18.7. The quantitative estimate of drug-likeness (QED) is 0.401. The van der Waals surface area contributed by atoms with Crippen LogP contribution in [0, 0.1) is 0 Å². The Kier molecular flexibility index (Phi) is 7.60. The van der Waals surface area contributed by atoms with Crippen molar-refractivity contribution in [3.8, 4) is 0 Å². The molecule has 0 aromatic heterocycles. The maximum Gasteiger partial charge on any atom is 0.212 e. The van der Waals surface area contributed by atoms with Gasteiger partial charge in [-0.3, -0.25) is 9.46 Å². The highest BCUT2D eigenvalue weighted by atomic mass is 31.2. The first kappa shape index (κ1) is 21.8. The lowest BCUT2D eigenvalue weighted by Gasteiger charge is -2.43. The molecule has 4 nitrogen and oxygen atoms in total. The number of hydrogen-bond acceptors (Lipinski definition) is 4. The summed E-state index contributed by atoms with van der Waals surface area (Å²) < 4.78 is 27.3. The van der Waals surface area contributed by atoms with Crippen LogP contribution in [0.5, 0.6) is 0 Å². The van der Waals surface area contributed by atoms with Gasteiger partial charge in [-0.05, 0) is 78.1 Å². The number of piperidine rings is 1. The second-order valence-corrected chi connectivity index (χ2v) is 21.7. The molecule has 0 N–H and O–H groups in total. The summed E-state index contributed by atoms with van der Waals surface area (Å²) in [5, 5.41) is 0. The third kappa shape index (κ3) is 7.23. The van der Waals surface area contributed by atoms with Crippen LogP contribution in [0.15, 0.2) is 0 Å². The van der Waals surface area contributed by atoms with Crippen molar-refractivity contribution in [3.05, 3.63) is 0 Å². The van der Waals surface area contributed by atoms with Gasteiger partial charge in [0.1, 0.15) is 0 Å². The first-order chi connectivity index (χ1) is 11.5. The molecule has 0 radical (unpaired) electrons. The number of hydrogen-bond donors (Lipinski definition) is 0. The maximum atomic E-state index is 14.3. The summed E-state index contributed by atoms with van der Waals surface area (Å²) in [6.07, 6.45) is 8.95. The molecule has 0 amide bonds. The molecular formula is C18H40NO3PSi2. The summed E-state index contributed by atoms with van der Waals surface area (Å²) in [6.45, 7) is 15.4. The van der Waals surface area contributed by atoms with Gasteiger partial charge in [-0.15, -0.1) is 0 Å². The first-order valence-corrected chi connectivity index (χ1v) is 18.9. The second-order valence-electron chi connectivity index (χ2n) is 9.87. The van der Waals surface area contributed by atoms with Crippen molar-refractivity contribution in [3.63, 3.8) is 0 Å². The van der Waals surface area contributed by atoms with Crippen LogP contribution < -0.4 is 0 Å². The Balaban J connectivity index is 2.22. The second kappa shape index (κ2) is 8.70. The standard InChI is InChI=1S/C18H40NO3PSi2/c1-24(2,3)21-17-12-8-9-13-18(17)23(20,22-25(4,5)6)16-19-14-10-7-11-15-19/h17-18H,7-16H2,1-6H3. The van der Waals surface area contributed by atoms with Crippen molar-refractivity contribution < 1.29 is 13.2 Å². The largest absolute Gasteiger partial charge is 0.414 e. The minimum absolute atomic E-state index is 0.0987. The Morgan fingerprint density at radius 3 is 2.04 bits per heavy atom. The van der Waals surface area contributed by atoms with E-state index in [1.54, 1.807) is 0 Å². The zero-order valence-corrected chi connectivity index (χ0v) is 20.2. The molecule has 3 unspecified atom stereocenters. The van der Waals surface area contributed by atoms with E-state index in [9.17, 15) is 4.57 Å². The summed E-state index contributed by atoms with van der Waals surface area (Å²) in [7, 11) is -6.28. The molecule has 2 aliphatic rings. The molecule has 0 bridgehead atoms. The van der Waals surface area contributed by atoms with Gasteiger partial charge in [0.05, 0.1) is 18.0 Å². The fourth-order valence-corrected chi connectivity index (χ4v) is 12.3. The van der Waals surface area contributed by atoms with E-state index in [4.69, 9.17) is 8.64 Å². The van der Waals surface area contributed by atoms with Gasteiger partial charge >= 0.3 is 0 Å². The van der Waals surface area contributed by atoms with Gasteiger partial charge in [-0.25, -0.2) is 0 Å². The monoisotopic (exact) mass is 405 g/mol. The summed E-state index contributed by atoms with van der Waals surface area (Å²) in [5.41, 5.74) is 0.0987. The fraction of sp³-hybridized carbons (Fsp3) is 1.00. The highest BCUT2D eigenvalue weighted by Gasteiger charge is 2.46. The summed E-state index contributed by atoms with van der Waals surface area (Å²) in [4.78, 5) is 2.41. The number of rotatable bonds is 7. The van der Waals surface area contributed by atoms with Crippen LogP contribution in [-0.2, 0) is 13.2 Å². The molecule has 2 rings (SSSR count). The maximum absolute atomic E-state index is 14.3. The topological polar surface area (TPSA) is 38.8 Å². The molecule has 1 saturated heterocycles. The zero-order valence-electron chi connectivity index (χ0n) is 17.3. The lowest BCUT2D eigenvalue weighted by Crippen LogP contribution is -2.44. The van der Waals surface area contributed by atoms with Crippen LogP contribution in [0.2, 0.25) is 39.3 Å². The average molecular weight is 406 g/mol. The van der Waals surface area contributed by atoms with Crippen LogP contribution in [0.4, 0.5) is 0 Å². The van der Waals surface area contributed by atoms with Crippen molar-refractivity contribution in [1.29, 1.82) is 0 Å². The van der Waals surface area contributed by atoms with Gasteiger partial charge in [0.15, 0.2) is 16.6 Å². The molecular weight excluding hydrogens is 365 g/mol. The minimum atomic E-state index is -2.74. The molecule has 1 aliphatic carbocycles. The minimum Gasteiger partial charge on any atom is -0.414 e. The first-order valence-electron chi connectivity index (χ1n) is 10.2. The molecule has 0 spiro atoms. The SMILES string of the molecule is C[Si](C)(C)OC1CCCCC1P(=O)(CN1CCCCC1)O[Si](C)(C)C. The molecule has 3 atom stereocenters. The van der Waals surface area contributed by atoms with Gasteiger partial charge in [-0.1, -0.05) is 19.3 Å². The van der Waals surface area contributed by atoms with Gasteiger partial charge in [-0.2, -0.15) is 0 Å². The van der Waals surface area contributed by atoms with E-state index < -0.39 is 24.0 Å². The van der Waals surface area contributed by atoms with Crippen molar-refractivity contribution in [2.75, 3.05) is 19.4 Å². The molecule has 148 valence electrons. The third-order valence-corrected chi connectivity index (χ3v) is 11.8. The van der Waals surface area contributed by atoms with Crippen molar-refractivity contribution >= 4 is 24.0 Å². The highest BCUT2D eigenvalue weighted by molar-refractivity contribution is 7.61. The molecule has 7 heteroatoms. The van der Waals surface area contributed by atoms with Gasteiger partial charge in [0, 0.05) is 0 Å². The summed E-state index contributed by atoms with van der Waals surface area (Å²) >= 11 is 0. The fourth-order valence-electron chi connectivity index (χ4n) is 4.16. The van der Waals surface area contributed by atoms with E-state index in [1.165, 1.54) is 25.7 Å². The van der Waals surface area contributed by atoms with Crippen LogP contribution >= 0.6 is 7.37 Å². The van der Waals surface area contributed by atoms with E-state index in [0.717, 1.165) is 32.4 Å². The third-order valence-electron chi connectivity index (χ3n) is 4.95. The number of likely N-dealkylation sites (tertiary alicyclic amines) is 1. The molecule has 2 fully saturated rings. The molecule has 0 aromatic carbocycles. The molecule has 1 saturated carbocycles. The Morgan fingerprint density at radius 2 is 1.48 bits per heavy atom. The van der Waals surface area contributed by atoms with Crippen LogP contribution in [0.1, 0.15) is 44.9 Å². The van der Waals surface area contributed by atoms with Crippen LogP contribution in [0.25, 0.3) is 0 Å². The molecule has 1 heterocycles. The Bertz CT molecular complexity index is 470. The van der Waals surface area contributed by atoms with Gasteiger partial charge < -0.3 is 8.64 Å². The van der Waals surface area contributed by atoms with Crippen molar-refractivity contribution in [2.45, 2.75) is 96.0 Å². The summed E-state index contributed by atoms with van der Waals surface area (Å²) in [5.74, 6) is 0. The van der Waals surface area contributed by atoms with Gasteiger partial charge in [0.25, 0.3) is 0 Å². The van der Waals surface area contributed by atoms with E-state index >= 15 is 0 Å². The van der Waals surface area contributed by atoms with Crippen LogP contribution in [0.3, 0.4) is 0 Å². The predicted molar refractivity (Wildman–Crippen MR) is 113 cm³/mol. The molecule has 0 aromatic rings. The van der Waals surface area contributed by atoms with E-state index in [1.807, 2.05) is 0 Å². The predicted octanol–water partition coefficient (Wildman–Crippen LogP) is 5.72. The van der Waals surface area contributed by atoms with Crippen molar-refractivity contribution in [2.24, 2.45) is 0 Å². The van der Waals surface area contributed by atoms with E-state index in [0.29, 0.717) is 6.29 Å². The Labute approximate surface area is 157 Å². The lowest BCUT2D eigenvalue weighted by atomic mass is 9.97. The lowest BCUT2D eigenvalue weighted by molar-refractivity contribution is 0.144. The van der Waals surface area contributed by atoms with E-state index in [2.05, 4.69) is 44.2 Å². The average Bonchev–Trinajstić information content (AvgIpc) is 2.45. The smallest absolute Gasteiger partial charge is 0.212 e. The number of nitrogens with zero attached hydrogens (tertiary/aromatic N) is 1. The Hall–Kier alpha value is 0.544. The summed E-state index contributed by atoms with van der Waals surface area (Å²) in [6, 6.07) is 0. The van der Waals surface area contributed by atoms with E-state index in [-0.39, 0.29) is 11.8 Å². The molecule has 1 aliphatic heterocycles. The Morgan fingerprint density at radius 1 is 0.880 bits per heavy atom.